The molecular weight excluding hydrogens is 797 g/mol. The Morgan fingerprint density at radius 3 is 2.39 bits per heavy atom. The molecule has 15 nitrogen and oxygen atoms in total. The summed E-state index contributed by atoms with van der Waals surface area (Å²) in [6, 6.07) is 12.7. The Hall–Kier alpha value is -5.89. The minimum absolute atomic E-state index is 0.0626. The molecule has 5 heterocycles. The molecule has 2 aromatic heterocycles. The average Bonchev–Trinajstić information content (AvgIpc) is 3.50. The molecule has 4 aromatic rings. The second-order valence-electron chi connectivity index (χ2n) is 14.8. The normalized spacial score (nSPS) is 17.6. The first-order valence-corrected chi connectivity index (χ1v) is 20.6. The molecule has 3 amide bonds. The van der Waals surface area contributed by atoms with Gasteiger partial charge < -0.3 is 20.4 Å². The van der Waals surface area contributed by atoms with Gasteiger partial charge >= 0.3 is 6.18 Å². The monoisotopic (exact) mass is 838 g/mol. The predicted molar refractivity (Wildman–Crippen MR) is 211 cm³/mol. The maximum atomic E-state index is 15.3. The molecule has 0 radical (unpaired) electrons. The van der Waals surface area contributed by atoms with Crippen LogP contribution < -0.4 is 25.2 Å². The van der Waals surface area contributed by atoms with E-state index in [0.717, 1.165) is 42.2 Å². The second kappa shape index (κ2) is 16.4. The molecular formula is C39H42F4N10O5S. The average molecular weight is 839 g/mol. The van der Waals surface area contributed by atoms with Gasteiger partial charge in [-0.25, -0.2) is 22.8 Å². The van der Waals surface area contributed by atoms with Crippen LogP contribution in [0.1, 0.15) is 58.3 Å². The smallest absolute Gasteiger partial charge is 0.371 e. The lowest BCUT2D eigenvalue weighted by atomic mass is 10.0. The number of aromatic nitrogens is 3. The number of hydrogen-bond acceptors (Lipinski definition) is 12. The number of nitrogens with zero attached hydrogens (tertiary/aromatic N) is 7. The van der Waals surface area contributed by atoms with Crippen molar-refractivity contribution in [1.29, 1.82) is 0 Å². The number of piperidine rings is 2. The second-order valence-corrected chi connectivity index (χ2v) is 16.8. The zero-order valence-corrected chi connectivity index (χ0v) is 33.2. The number of fused-ring (bicyclic) bond motifs is 1. The highest BCUT2D eigenvalue weighted by atomic mass is 32.2. The van der Waals surface area contributed by atoms with Crippen molar-refractivity contribution >= 4 is 56.7 Å². The summed E-state index contributed by atoms with van der Waals surface area (Å²) in [7, 11) is -0.445. The van der Waals surface area contributed by atoms with Gasteiger partial charge in [0.2, 0.25) is 27.8 Å². The standard InChI is InChI=1S/C39H42F4N10O5S/c1-50(21-25-17-24-22-53(37(56)29(24)18-31(25)40)32-10-11-33(54)48-36(32)55)27-12-15-52(16-13-27)28-8-6-26(7-9-28)47-38-46-20-30(39(41,42)43)34(49-38)45-19-23-5-4-14-44-35(23)51(2)59(3,57)58/h4-9,14,17-18,20,27,32H,10-13,15-16,19,21-22H2,1-3H3,(H,48,54,55)(H2,45,46,47,49). The number of benzene rings is 2. The summed E-state index contributed by atoms with van der Waals surface area (Å²) >= 11 is 0. The van der Waals surface area contributed by atoms with E-state index in [0.29, 0.717) is 35.1 Å². The Labute approximate surface area is 337 Å². The number of sulfonamides is 1. The van der Waals surface area contributed by atoms with Crippen molar-refractivity contribution in [3.63, 3.8) is 0 Å². The van der Waals surface area contributed by atoms with E-state index in [2.05, 4.69) is 40.7 Å². The van der Waals surface area contributed by atoms with E-state index in [1.165, 1.54) is 24.2 Å². The van der Waals surface area contributed by atoms with Crippen LogP contribution in [0.4, 0.5) is 46.5 Å². The van der Waals surface area contributed by atoms with Gasteiger partial charge in [0, 0.05) is 92.7 Å². The van der Waals surface area contributed by atoms with E-state index in [4.69, 9.17) is 0 Å². The maximum Gasteiger partial charge on any atom is 0.421 e. The van der Waals surface area contributed by atoms with Crippen LogP contribution in [0.2, 0.25) is 0 Å². The van der Waals surface area contributed by atoms with Crippen LogP contribution in [0.3, 0.4) is 0 Å². The highest BCUT2D eigenvalue weighted by Gasteiger charge is 2.40. The summed E-state index contributed by atoms with van der Waals surface area (Å²) in [5, 5.41) is 7.91. The van der Waals surface area contributed by atoms with Gasteiger partial charge in [0.15, 0.2) is 0 Å². The molecule has 1 atom stereocenters. The zero-order valence-electron chi connectivity index (χ0n) is 32.4. The van der Waals surface area contributed by atoms with Crippen molar-refractivity contribution < 1.29 is 40.4 Å². The summed E-state index contributed by atoms with van der Waals surface area (Å²) in [5.41, 5.74) is 2.05. The first kappa shape index (κ1) is 41.3. The lowest BCUT2D eigenvalue weighted by Crippen LogP contribution is -2.52. The highest BCUT2D eigenvalue weighted by Crippen LogP contribution is 2.35. The van der Waals surface area contributed by atoms with Crippen LogP contribution in [0.25, 0.3) is 0 Å². The first-order valence-electron chi connectivity index (χ1n) is 18.8. The number of halogens is 4. The van der Waals surface area contributed by atoms with Crippen LogP contribution in [-0.4, -0.2) is 96.4 Å². The number of amides is 3. The SMILES string of the molecule is CN(Cc1cc2c(cc1F)C(=O)N(C1CCC(=O)NC1=O)C2)C1CCN(c2ccc(Nc3ncc(C(F)(F)F)c(NCc4cccnc4N(C)S(C)(=O)=O)n3)cc2)CC1. The molecule has 59 heavy (non-hydrogen) atoms. The minimum atomic E-state index is -4.77. The molecule has 3 aliphatic heterocycles. The quantitative estimate of drug-likeness (QED) is 0.134. The molecule has 1 unspecified atom stereocenters. The van der Waals surface area contributed by atoms with Crippen LogP contribution in [0.5, 0.6) is 0 Å². The number of nitrogens with one attached hydrogen (secondary N) is 3. The third-order valence-electron chi connectivity index (χ3n) is 10.9. The number of hydrogen-bond donors (Lipinski definition) is 3. The molecule has 0 saturated carbocycles. The van der Waals surface area contributed by atoms with Gasteiger partial charge in [0.1, 0.15) is 29.1 Å². The Kier molecular flexibility index (Phi) is 11.5. The fourth-order valence-electron chi connectivity index (χ4n) is 7.58. The van der Waals surface area contributed by atoms with E-state index in [-0.39, 0.29) is 55.2 Å². The Morgan fingerprint density at radius 1 is 0.983 bits per heavy atom. The Morgan fingerprint density at radius 2 is 1.71 bits per heavy atom. The molecule has 0 spiro atoms. The number of pyridine rings is 1. The molecule has 2 saturated heterocycles. The summed E-state index contributed by atoms with van der Waals surface area (Å²) in [6.07, 6.45) is 0.247. The van der Waals surface area contributed by atoms with Gasteiger partial charge in [-0.15, -0.1) is 0 Å². The third-order valence-corrected chi connectivity index (χ3v) is 12.1. The topological polar surface area (TPSA) is 173 Å². The number of carbonyl (C=O) groups excluding carboxylic acids is 3. The summed E-state index contributed by atoms with van der Waals surface area (Å²) in [4.78, 5) is 54.9. The van der Waals surface area contributed by atoms with E-state index in [1.807, 2.05) is 19.2 Å². The summed E-state index contributed by atoms with van der Waals surface area (Å²) in [6.45, 7) is 1.73. The van der Waals surface area contributed by atoms with E-state index < -0.39 is 51.3 Å². The molecule has 3 N–H and O–H groups in total. The first-order chi connectivity index (χ1) is 28.0. The molecule has 0 bridgehead atoms. The van der Waals surface area contributed by atoms with Crippen LogP contribution in [0, 0.1) is 5.82 Å². The van der Waals surface area contributed by atoms with Crippen LogP contribution >= 0.6 is 0 Å². The molecule has 312 valence electrons. The van der Waals surface area contributed by atoms with Gasteiger partial charge in [-0.1, -0.05) is 6.07 Å². The van der Waals surface area contributed by atoms with Crippen molar-refractivity contribution in [3.05, 3.63) is 94.6 Å². The van der Waals surface area contributed by atoms with Crippen molar-refractivity contribution in [2.24, 2.45) is 0 Å². The van der Waals surface area contributed by atoms with Crippen molar-refractivity contribution in [2.75, 3.05) is 53.3 Å². The van der Waals surface area contributed by atoms with Crippen LogP contribution in [0.15, 0.2) is 60.9 Å². The van der Waals surface area contributed by atoms with Gasteiger partial charge in [0.05, 0.1) is 6.26 Å². The Balaban J connectivity index is 0.948. The summed E-state index contributed by atoms with van der Waals surface area (Å²) < 4.78 is 82.4. The predicted octanol–water partition coefficient (Wildman–Crippen LogP) is 4.64. The van der Waals surface area contributed by atoms with E-state index in [9.17, 15) is 36.0 Å². The molecule has 2 fully saturated rings. The highest BCUT2D eigenvalue weighted by molar-refractivity contribution is 7.92. The number of rotatable bonds is 12. The third kappa shape index (κ3) is 9.07. The van der Waals surface area contributed by atoms with E-state index in [1.54, 1.807) is 30.3 Å². The van der Waals surface area contributed by atoms with Crippen molar-refractivity contribution in [3.8, 4) is 0 Å². The van der Waals surface area contributed by atoms with Crippen LogP contribution in [-0.2, 0) is 45.4 Å². The van der Waals surface area contributed by atoms with Gasteiger partial charge in [-0.05, 0) is 74.3 Å². The number of anilines is 5. The van der Waals surface area contributed by atoms with Gasteiger partial charge in [-0.2, -0.15) is 18.2 Å². The lowest BCUT2D eigenvalue weighted by molar-refractivity contribution is -0.138. The van der Waals surface area contributed by atoms with Gasteiger partial charge in [-0.3, -0.25) is 28.9 Å². The van der Waals surface area contributed by atoms with Gasteiger partial charge in [0.25, 0.3) is 5.91 Å². The fraction of sp³-hybridized carbons (Fsp3) is 0.385. The fourth-order valence-corrected chi connectivity index (χ4v) is 8.06. The number of imide groups is 1. The van der Waals surface area contributed by atoms with Crippen molar-refractivity contribution in [1.82, 2.24) is 30.1 Å². The van der Waals surface area contributed by atoms with Crippen molar-refractivity contribution in [2.45, 2.75) is 63.6 Å². The molecule has 0 aliphatic carbocycles. The maximum absolute atomic E-state index is 15.3. The zero-order chi connectivity index (χ0) is 42.2. The van der Waals surface area contributed by atoms with E-state index >= 15 is 4.39 Å². The number of alkyl halides is 3. The molecule has 2 aromatic carbocycles. The largest absolute Gasteiger partial charge is 0.421 e. The Bertz CT molecular complexity index is 2380. The molecule has 3 aliphatic rings. The molecule has 20 heteroatoms. The summed E-state index contributed by atoms with van der Waals surface area (Å²) in [5.74, 6) is -2.33. The molecule has 7 rings (SSSR count). The lowest BCUT2D eigenvalue weighted by Gasteiger charge is -2.38. The number of carbonyl (C=O) groups is 3. The minimum Gasteiger partial charge on any atom is -0.371 e.